The third kappa shape index (κ3) is 3.67. The number of carbonyl (C=O) groups is 1. The first-order valence-corrected chi connectivity index (χ1v) is 6.95. The number of para-hydroxylation sites is 1. The maximum Gasteiger partial charge on any atom is 0.421 e. The summed E-state index contributed by atoms with van der Waals surface area (Å²) in [4.78, 5) is 13.6. The first-order valence-electron chi connectivity index (χ1n) is 6.54. The van der Waals surface area contributed by atoms with E-state index in [1.807, 2.05) is 18.2 Å². The van der Waals surface area contributed by atoms with Gasteiger partial charge in [-0.25, -0.2) is 4.79 Å². The number of ether oxygens (including phenoxy) is 1. The molecule has 4 nitrogen and oxygen atoms in total. The minimum absolute atomic E-state index is 0.0717. The third-order valence-electron chi connectivity index (χ3n) is 3.32. The monoisotopic (exact) mass is 278 g/mol. The molecule has 1 saturated carbocycles. The van der Waals surface area contributed by atoms with Crippen molar-refractivity contribution in [3.8, 4) is 5.75 Å². The number of hydrogen-bond acceptors (Lipinski definition) is 3. The number of hydrogen-bond donors (Lipinski definition) is 1. The Balaban J connectivity index is 2.06. The summed E-state index contributed by atoms with van der Waals surface area (Å²) in [5, 5.41) is 0.0906. The summed E-state index contributed by atoms with van der Waals surface area (Å²) in [5.74, 6) is 0.504. The topological polar surface area (TPSA) is 55.6 Å². The van der Waals surface area contributed by atoms with Gasteiger partial charge in [0.1, 0.15) is 5.75 Å². The van der Waals surface area contributed by atoms with Gasteiger partial charge in [0.15, 0.2) is 5.11 Å². The van der Waals surface area contributed by atoms with Crippen molar-refractivity contribution < 1.29 is 9.53 Å². The van der Waals surface area contributed by atoms with Crippen LogP contribution >= 0.6 is 12.2 Å². The average Bonchev–Trinajstić information content (AvgIpc) is 2.40. The molecule has 19 heavy (non-hydrogen) atoms. The molecule has 5 heteroatoms. The molecule has 0 atom stereocenters. The van der Waals surface area contributed by atoms with Crippen LogP contribution in [0.25, 0.3) is 0 Å². The predicted octanol–water partition coefficient (Wildman–Crippen LogP) is 3.06. The number of benzene rings is 1. The molecule has 0 aliphatic heterocycles. The van der Waals surface area contributed by atoms with Crippen molar-refractivity contribution >= 4 is 23.4 Å². The molecule has 2 rings (SSSR count). The molecule has 102 valence electrons. The largest absolute Gasteiger partial charge is 0.421 e. The molecule has 0 heterocycles. The third-order valence-corrected chi connectivity index (χ3v) is 3.52. The first-order chi connectivity index (χ1) is 9.18. The van der Waals surface area contributed by atoms with E-state index < -0.39 is 6.09 Å². The van der Waals surface area contributed by atoms with E-state index in [1.54, 1.807) is 12.1 Å². The maximum atomic E-state index is 12.2. The first kappa shape index (κ1) is 13.8. The lowest BCUT2D eigenvalue weighted by Gasteiger charge is -2.32. The van der Waals surface area contributed by atoms with E-state index in [-0.39, 0.29) is 11.2 Å². The smallest absolute Gasteiger partial charge is 0.410 e. The van der Waals surface area contributed by atoms with Crippen LogP contribution in [0.3, 0.4) is 0 Å². The molecule has 2 N–H and O–H groups in total. The molecule has 1 aliphatic carbocycles. The molecule has 1 aromatic carbocycles. The van der Waals surface area contributed by atoms with Gasteiger partial charge in [0.05, 0.1) is 0 Å². The quantitative estimate of drug-likeness (QED) is 0.845. The van der Waals surface area contributed by atoms with E-state index in [0.717, 1.165) is 25.7 Å². The average molecular weight is 278 g/mol. The van der Waals surface area contributed by atoms with Gasteiger partial charge in [-0.3, -0.25) is 4.90 Å². The Kier molecular flexibility index (Phi) is 4.74. The summed E-state index contributed by atoms with van der Waals surface area (Å²) in [6.07, 6.45) is 4.79. The Morgan fingerprint density at radius 1 is 1.21 bits per heavy atom. The Labute approximate surface area is 118 Å². The maximum absolute atomic E-state index is 12.2. The predicted molar refractivity (Wildman–Crippen MR) is 78.0 cm³/mol. The number of thiocarbonyl (C=S) groups is 1. The summed E-state index contributed by atoms with van der Waals surface area (Å²) < 4.78 is 5.31. The van der Waals surface area contributed by atoms with E-state index in [4.69, 9.17) is 22.7 Å². The van der Waals surface area contributed by atoms with E-state index in [2.05, 4.69) is 0 Å². The Bertz CT molecular complexity index is 444. The molecule has 0 saturated heterocycles. The Morgan fingerprint density at radius 3 is 2.42 bits per heavy atom. The molecule has 0 unspecified atom stereocenters. The van der Waals surface area contributed by atoms with Crippen molar-refractivity contribution in [3.63, 3.8) is 0 Å². The van der Waals surface area contributed by atoms with Gasteiger partial charge in [-0.05, 0) is 37.2 Å². The lowest BCUT2D eigenvalue weighted by Crippen LogP contribution is -2.49. The van der Waals surface area contributed by atoms with Gasteiger partial charge < -0.3 is 10.5 Å². The molecule has 0 radical (unpaired) electrons. The molecule has 1 fully saturated rings. The number of nitrogens with two attached hydrogens (primary N) is 1. The van der Waals surface area contributed by atoms with Crippen LogP contribution in [0.5, 0.6) is 5.75 Å². The summed E-state index contributed by atoms with van der Waals surface area (Å²) in [6.45, 7) is 0. The number of nitrogens with zero attached hydrogens (tertiary/aromatic N) is 1. The van der Waals surface area contributed by atoms with Crippen molar-refractivity contribution in [1.29, 1.82) is 0 Å². The van der Waals surface area contributed by atoms with Crippen molar-refractivity contribution in [2.75, 3.05) is 0 Å². The second-order valence-corrected chi connectivity index (χ2v) is 5.10. The fourth-order valence-corrected chi connectivity index (χ4v) is 2.62. The fraction of sp³-hybridized carbons (Fsp3) is 0.429. The summed E-state index contributed by atoms with van der Waals surface area (Å²) in [5.41, 5.74) is 5.68. The standard InChI is InChI=1S/C14H18N2O2S/c15-13(19)16(11-7-3-1-4-8-11)14(17)18-12-9-5-2-6-10-12/h2,5-6,9-11H,1,3-4,7-8H2,(H2,15,19). The number of rotatable bonds is 2. The zero-order chi connectivity index (χ0) is 13.7. The Hall–Kier alpha value is -1.62. The second kappa shape index (κ2) is 6.52. The van der Waals surface area contributed by atoms with Crippen LogP contribution in [0, 0.1) is 0 Å². The highest BCUT2D eigenvalue weighted by Gasteiger charge is 2.29. The fourth-order valence-electron chi connectivity index (χ4n) is 2.40. The van der Waals surface area contributed by atoms with E-state index in [1.165, 1.54) is 11.3 Å². The van der Waals surface area contributed by atoms with E-state index in [9.17, 15) is 4.79 Å². The van der Waals surface area contributed by atoms with Crippen LogP contribution in [0.15, 0.2) is 30.3 Å². The SMILES string of the molecule is NC(=S)N(C(=O)Oc1ccccc1)C1CCCCC1. The zero-order valence-electron chi connectivity index (χ0n) is 10.7. The van der Waals surface area contributed by atoms with Crippen LogP contribution in [-0.4, -0.2) is 22.1 Å². The molecule has 1 amide bonds. The zero-order valence-corrected chi connectivity index (χ0v) is 11.6. The van der Waals surface area contributed by atoms with Crippen LogP contribution in [0.2, 0.25) is 0 Å². The van der Waals surface area contributed by atoms with E-state index >= 15 is 0 Å². The van der Waals surface area contributed by atoms with Crippen LogP contribution in [0.4, 0.5) is 4.79 Å². The number of amides is 1. The van der Waals surface area contributed by atoms with Gasteiger partial charge in [0, 0.05) is 6.04 Å². The number of carbonyl (C=O) groups excluding carboxylic acids is 1. The van der Waals surface area contributed by atoms with Gasteiger partial charge in [-0.2, -0.15) is 0 Å². The molecular formula is C14H18N2O2S. The molecule has 1 aliphatic rings. The van der Waals surface area contributed by atoms with Crippen LogP contribution in [-0.2, 0) is 0 Å². The molecule has 0 spiro atoms. The minimum Gasteiger partial charge on any atom is -0.410 e. The van der Waals surface area contributed by atoms with Gasteiger partial charge in [-0.15, -0.1) is 0 Å². The summed E-state index contributed by atoms with van der Waals surface area (Å²) >= 11 is 4.99. The lowest BCUT2D eigenvalue weighted by atomic mass is 9.95. The van der Waals surface area contributed by atoms with Crippen LogP contribution in [0.1, 0.15) is 32.1 Å². The minimum atomic E-state index is -0.481. The van der Waals surface area contributed by atoms with Crippen LogP contribution < -0.4 is 10.5 Å². The van der Waals surface area contributed by atoms with Crippen molar-refractivity contribution in [2.45, 2.75) is 38.1 Å². The normalized spacial score (nSPS) is 15.8. The second-order valence-electron chi connectivity index (χ2n) is 4.68. The summed E-state index contributed by atoms with van der Waals surface area (Å²) in [6, 6.07) is 9.03. The van der Waals surface area contributed by atoms with E-state index in [0.29, 0.717) is 5.75 Å². The Morgan fingerprint density at radius 2 is 1.84 bits per heavy atom. The van der Waals surface area contributed by atoms with Crippen molar-refractivity contribution in [1.82, 2.24) is 4.90 Å². The van der Waals surface area contributed by atoms with Gasteiger partial charge >= 0.3 is 6.09 Å². The molecule has 0 aromatic heterocycles. The molecule has 0 bridgehead atoms. The highest BCUT2D eigenvalue weighted by Crippen LogP contribution is 2.23. The van der Waals surface area contributed by atoms with Crippen molar-refractivity contribution in [3.05, 3.63) is 30.3 Å². The van der Waals surface area contributed by atoms with Gasteiger partial charge in [-0.1, -0.05) is 37.5 Å². The highest BCUT2D eigenvalue weighted by atomic mass is 32.1. The highest BCUT2D eigenvalue weighted by molar-refractivity contribution is 7.80. The van der Waals surface area contributed by atoms with Crippen molar-refractivity contribution in [2.24, 2.45) is 5.73 Å². The summed E-state index contributed by atoms with van der Waals surface area (Å²) in [7, 11) is 0. The molecular weight excluding hydrogens is 260 g/mol. The lowest BCUT2D eigenvalue weighted by molar-refractivity contribution is 0.154. The van der Waals surface area contributed by atoms with Gasteiger partial charge in [0.2, 0.25) is 0 Å². The molecule has 1 aromatic rings. The van der Waals surface area contributed by atoms with Gasteiger partial charge in [0.25, 0.3) is 0 Å².